The Kier molecular flexibility index (Phi) is 9.36. The van der Waals surface area contributed by atoms with E-state index in [2.05, 4.69) is 16.7 Å². The number of unbranched alkanes of at least 4 members (excludes halogenated alkanes) is 3. The van der Waals surface area contributed by atoms with Gasteiger partial charge in [0, 0.05) is 13.1 Å². The summed E-state index contributed by atoms with van der Waals surface area (Å²) in [4.78, 5) is 32.1. The number of piperidine rings is 1. The van der Waals surface area contributed by atoms with Crippen molar-refractivity contribution >= 4 is 17.5 Å². The first-order valence-corrected chi connectivity index (χ1v) is 13.3. The van der Waals surface area contributed by atoms with Crippen LogP contribution in [0.3, 0.4) is 0 Å². The van der Waals surface area contributed by atoms with Crippen molar-refractivity contribution in [3.63, 3.8) is 0 Å². The molecule has 0 aliphatic carbocycles. The topological polar surface area (TPSA) is 62.3 Å². The Morgan fingerprint density at radius 2 is 1.71 bits per heavy atom. The van der Waals surface area contributed by atoms with Crippen molar-refractivity contribution in [3.05, 3.63) is 24.3 Å². The number of carbonyl (C=O) groups excluding carboxylic acids is 2. The van der Waals surface area contributed by atoms with Gasteiger partial charge in [0.15, 0.2) is 0 Å². The number of hydrogen-bond acceptors (Lipinski definition) is 6. The van der Waals surface area contributed by atoms with E-state index in [1.165, 1.54) is 30.6 Å². The van der Waals surface area contributed by atoms with Crippen LogP contribution in [-0.4, -0.2) is 80.2 Å². The second kappa shape index (κ2) is 12.7. The third-order valence-electron chi connectivity index (χ3n) is 7.53. The number of amides is 2. The van der Waals surface area contributed by atoms with Gasteiger partial charge in [0.2, 0.25) is 5.91 Å². The van der Waals surface area contributed by atoms with Crippen molar-refractivity contribution in [1.82, 2.24) is 9.80 Å². The smallest absolute Gasteiger partial charge is 0.251 e. The van der Waals surface area contributed by atoms with Crippen LogP contribution < -0.4 is 9.64 Å². The molecule has 0 saturated carbocycles. The Hall–Kier alpha value is -1.96. The second-order valence-electron chi connectivity index (χ2n) is 9.91. The predicted octanol–water partition coefficient (Wildman–Crippen LogP) is 3.71. The average molecular weight is 472 g/mol. The molecule has 0 bridgehead atoms. The maximum Gasteiger partial charge on any atom is 0.251 e. The van der Waals surface area contributed by atoms with E-state index in [9.17, 15) is 9.59 Å². The number of ether oxygens (including phenoxy) is 2. The highest BCUT2D eigenvalue weighted by Gasteiger charge is 2.43. The first kappa shape index (κ1) is 25.1. The number of hydrogen-bond donors (Lipinski definition) is 0. The molecule has 3 aliphatic rings. The molecule has 1 aromatic rings. The van der Waals surface area contributed by atoms with Crippen LogP contribution in [0.2, 0.25) is 0 Å². The highest BCUT2D eigenvalue weighted by atomic mass is 16.5. The minimum absolute atomic E-state index is 0.0787. The lowest BCUT2D eigenvalue weighted by Crippen LogP contribution is -2.46. The summed E-state index contributed by atoms with van der Waals surface area (Å²) in [5, 5.41) is 0. The summed E-state index contributed by atoms with van der Waals surface area (Å²) in [6.45, 7) is 9.61. The lowest BCUT2D eigenvalue weighted by Gasteiger charge is -2.36. The highest BCUT2D eigenvalue weighted by Crippen LogP contribution is 2.30. The van der Waals surface area contributed by atoms with E-state index >= 15 is 0 Å². The number of likely N-dealkylation sites (tertiary alicyclic amines) is 1. The van der Waals surface area contributed by atoms with Crippen molar-refractivity contribution in [2.75, 3.05) is 57.4 Å². The van der Waals surface area contributed by atoms with Crippen LogP contribution in [0.4, 0.5) is 5.69 Å². The van der Waals surface area contributed by atoms with Gasteiger partial charge in [-0.2, -0.15) is 0 Å². The van der Waals surface area contributed by atoms with Crippen LogP contribution in [-0.2, 0) is 14.3 Å². The Morgan fingerprint density at radius 3 is 2.41 bits per heavy atom. The molecule has 0 aromatic heterocycles. The number of morpholine rings is 1. The molecule has 3 fully saturated rings. The van der Waals surface area contributed by atoms with Gasteiger partial charge in [-0.3, -0.25) is 19.4 Å². The van der Waals surface area contributed by atoms with Crippen LogP contribution in [0, 0.1) is 5.92 Å². The zero-order valence-corrected chi connectivity index (χ0v) is 20.8. The Morgan fingerprint density at radius 1 is 0.971 bits per heavy atom. The maximum absolute atomic E-state index is 13.2. The maximum atomic E-state index is 13.2. The Labute approximate surface area is 204 Å². The summed E-state index contributed by atoms with van der Waals surface area (Å²) in [6.07, 6.45) is 8.37. The zero-order chi connectivity index (χ0) is 23.8. The van der Waals surface area contributed by atoms with Crippen LogP contribution in [0.1, 0.15) is 58.3 Å². The quantitative estimate of drug-likeness (QED) is 0.362. The largest absolute Gasteiger partial charge is 0.494 e. The fourth-order valence-corrected chi connectivity index (χ4v) is 5.33. The minimum Gasteiger partial charge on any atom is -0.494 e. The number of rotatable bonds is 11. The summed E-state index contributed by atoms with van der Waals surface area (Å²) in [5.74, 6) is 1.31. The van der Waals surface area contributed by atoms with Gasteiger partial charge in [-0.25, -0.2) is 4.90 Å². The zero-order valence-electron chi connectivity index (χ0n) is 20.8. The molecular formula is C27H41N3O4. The minimum atomic E-state index is -0.317. The van der Waals surface area contributed by atoms with Crippen molar-refractivity contribution in [1.29, 1.82) is 0 Å². The molecule has 4 rings (SSSR count). The SMILES string of the molecule is CCCCCCOc1ccc(N2C(=O)CC(N3CCC(CCN4CCOCC4)CC3)C2=O)cc1. The highest BCUT2D eigenvalue weighted by molar-refractivity contribution is 6.22. The molecule has 1 aromatic carbocycles. The monoisotopic (exact) mass is 471 g/mol. The molecular weight excluding hydrogens is 430 g/mol. The van der Waals surface area contributed by atoms with Crippen molar-refractivity contribution < 1.29 is 19.1 Å². The lowest BCUT2D eigenvalue weighted by atomic mass is 9.92. The van der Waals surface area contributed by atoms with E-state index in [1.807, 2.05) is 24.3 Å². The molecule has 188 valence electrons. The van der Waals surface area contributed by atoms with Crippen molar-refractivity contribution in [2.45, 2.75) is 64.3 Å². The number of carbonyl (C=O) groups is 2. The molecule has 1 atom stereocenters. The normalized spacial score (nSPS) is 23.1. The van der Waals surface area contributed by atoms with Gasteiger partial charge in [0.05, 0.1) is 38.0 Å². The summed E-state index contributed by atoms with van der Waals surface area (Å²) < 4.78 is 11.2. The van der Waals surface area contributed by atoms with Crippen molar-refractivity contribution in [2.24, 2.45) is 5.92 Å². The molecule has 0 radical (unpaired) electrons. The molecule has 3 heterocycles. The number of anilines is 1. The fourth-order valence-electron chi connectivity index (χ4n) is 5.33. The van der Waals surface area contributed by atoms with Gasteiger partial charge < -0.3 is 9.47 Å². The summed E-state index contributed by atoms with van der Waals surface area (Å²) in [7, 11) is 0. The number of benzene rings is 1. The van der Waals surface area contributed by atoms with Gasteiger partial charge >= 0.3 is 0 Å². The van der Waals surface area contributed by atoms with Crippen LogP contribution in [0.5, 0.6) is 5.75 Å². The Balaban J connectivity index is 1.23. The summed E-state index contributed by atoms with van der Waals surface area (Å²) in [6, 6.07) is 7.07. The third-order valence-corrected chi connectivity index (χ3v) is 7.53. The fraction of sp³-hybridized carbons (Fsp3) is 0.704. The summed E-state index contributed by atoms with van der Waals surface area (Å²) >= 11 is 0. The first-order valence-electron chi connectivity index (χ1n) is 13.3. The van der Waals surface area contributed by atoms with E-state index in [-0.39, 0.29) is 24.3 Å². The molecule has 3 aliphatic heterocycles. The molecule has 34 heavy (non-hydrogen) atoms. The summed E-state index contributed by atoms with van der Waals surface area (Å²) in [5.41, 5.74) is 0.649. The number of nitrogens with zero attached hydrogens (tertiary/aromatic N) is 3. The first-order chi connectivity index (χ1) is 16.7. The third kappa shape index (κ3) is 6.58. The molecule has 7 heteroatoms. The van der Waals surface area contributed by atoms with Crippen molar-refractivity contribution in [3.8, 4) is 5.75 Å². The van der Waals surface area contributed by atoms with E-state index in [4.69, 9.17) is 9.47 Å². The standard InChI is InChI=1S/C27H41N3O4/c1-2-3-4-5-18-34-24-8-6-23(7-9-24)30-26(31)21-25(27(30)32)29-14-11-22(12-15-29)10-13-28-16-19-33-20-17-28/h6-9,22,25H,2-5,10-21H2,1H3. The second-order valence-corrected chi connectivity index (χ2v) is 9.91. The lowest BCUT2D eigenvalue weighted by molar-refractivity contribution is -0.123. The molecule has 2 amide bonds. The van der Waals surface area contributed by atoms with Gasteiger partial charge in [-0.05, 0) is 75.5 Å². The van der Waals surface area contributed by atoms with E-state index < -0.39 is 0 Å². The van der Waals surface area contributed by atoms with Crippen LogP contribution in [0.25, 0.3) is 0 Å². The van der Waals surface area contributed by atoms with Gasteiger partial charge in [0.1, 0.15) is 5.75 Å². The molecule has 0 spiro atoms. The van der Waals surface area contributed by atoms with E-state index in [0.29, 0.717) is 18.2 Å². The van der Waals surface area contributed by atoms with Crippen LogP contribution >= 0.6 is 0 Å². The van der Waals surface area contributed by atoms with Crippen LogP contribution in [0.15, 0.2) is 24.3 Å². The van der Waals surface area contributed by atoms with E-state index in [1.54, 1.807) is 0 Å². The molecule has 0 N–H and O–H groups in total. The van der Waals surface area contributed by atoms with Gasteiger partial charge in [0.25, 0.3) is 5.91 Å². The molecule has 1 unspecified atom stereocenters. The Bertz CT molecular complexity index is 786. The molecule has 7 nitrogen and oxygen atoms in total. The molecule has 3 saturated heterocycles. The number of imide groups is 1. The average Bonchev–Trinajstić information content (AvgIpc) is 3.17. The van der Waals surface area contributed by atoms with Gasteiger partial charge in [-0.1, -0.05) is 26.2 Å². The predicted molar refractivity (Wildman–Crippen MR) is 133 cm³/mol. The van der Waals surface area contributed by atoms with E-state index in [0.717, 1.165) is 70.9 Å². The van der Waals surface area contributed by atoms with Gasteiger partial charge in [-0.15, -0.1) is 0 Å².